The predicted molar refractivity (Wildman–Crippen MR) is 101 cm³/mol. The SMILES string of the molecule is Cc1cc(NC(=O)c2ccc3nccn3c2)n(-c2cc(C(F)(F)F)ccc2Cl)n1. The van der Waals surface area contributed by atoms with E-state index in [0.717, 1.165) is 18.2 Å². The highest BCUT2D eigenvalue weighted by Gasteiger charge is 2.31. The second-order valence-corrected chi connectivity index (χ2v) is 6.72. The number of amides is 1. The zero-order valence-corrected chi connectivity index (χ0v) is 15.7. The van der Waals surface area contributed by atoms with Crippen molar-refractivity contribution in [1.29, 1.82) is 0 Å². The Labute approximate surface area is 167 Å². The van der Waals surface area contributed by atoms with Crippen LogP contribution in [0.25, 0.3) is 11.3 Å². The minimum Gasteiger partial charge on any atom is -0.306 e. The molecular weight excluding hydrogens is 407 g/mol. The first-order valence-corrected chi connectivity index (χ1v) is 8.78. The highest BCUT2D eigenvalue weighted by molar-refractivity contribution is 6.32. The maximum Gasteiger partial charge on any atom is 0.416 e. The van der Waals surface area contributed by atoms with Gasteiger partial charge in [-0.1, -0.05) is 11.6 Å². The molecule has 0 spiro atoms. The zero-order chi connectivity index (χ0) is 20.8. The number of hydrogen-bond donors (Lipinski definition) is 1. The predicted octanol–water partition coefficient (Wildman–Crippen LogP) is 4.75. The van der Waals surface area contributed by atoms with Gasteiger partial charge in [-0.2, -0.15) is 18.3 Å². The molecule has 0 bridgehead atoms. The molecule has 29 heavy (non-hydrogen) atoms. The summed E-state index contributed by atoms with van der Waals surface area (Å²) < 4.78 is 42.2. The van der Waals surface area contributed by atoms with Crippen molar-refractivity contribution in [3.8, 4) is 5.69 Å². The molecule has 4 rings (SSSR count). The van der Waals surface area contributed by atoms with Gasteiger partial charge in [0.05, 0.1) is 27.5 Å². The van der Waals surface area contributed by atoms with Crippen LogP contribution in [0.15, 0.2) is 55.0 Å². The van der Waals surface area contributed by atoms with Crippen LogP contribution >= 0.6 is 11.6 Å². The van der Waals surface area contributed by atoms with E-state index in [-0.39, 0.29) is 16.5 Å². The lowest BCUT2D eigenvalue weighted by Gasteiger charge is -2.13. The van der Waals surface area contributed by atoms with Gasteiger partial charge >= 0.3 is 6.18 Å². The van der Waals surface area contributed by atoms with Gasteiger partial charge < -0.3 is 9.72 Å². The van der Waals surface area contributed by atoms with Gasteiger partial charge in [0.25, 0.3) is 5.91 Å². The fourth-order valence-electron chi connectivity index (χ4n) is 2.87. The van der Waals surface area contributed by atoms with Crippen molar-refractivity contribution in [3.63, 3.8) is 0 Å². The molecule has 0 saturated carbocycles. The van der Waals surface area contributed by atoms with Crippen molar-refractivity contribution in [2.75, 3.05) is 5.32 Å². The largest absolute Gasteiger partial charge is 0.416 e. The normalized spacial score (nSPS) is 11.8. The Balaban J connectivity index is 1.71. The summed E-state index contributed by atoms with van der Waals surface area (Å²) in [4.78, 5) is 16.8. The first-order valence-electron chi connectivity index (χ1n) is 8.40. The molecule has 0 saturated heterocycles. The van der Waals surface area contributed by atoms with Gasteiger partial charge in [-0.25, -0.2) is 9.67 Å². The summed E-state index contributed by atoms with van der Waals surface area (Å²) in [5, 5.41) is 6.93. The number of rotatable bonds is 3. The number of imidazole rings is 1. The summed E-state index contributed by atoms with van der Waals surface area (Å²) in [6, 6.07) is 7.76. The number of hydrogen-bond acceptors (Lipinski definition) is 3. The Bertz CT molecular complexity index is 1230. The molecule has 10 heteroatoms. The first-order chi connectivity index (χ1) is 13.7. The van der Waals surface area contributed by atoms with Crippen LogP contribution in [0.4, 0.5) is 19.0 Å². The number of benzene rings is 1. The molecule has 1 aromatic carbocycles. The van der Waals surface area contributed by atoms with Crippen LogP contribution in [0.5, 0.6) is 0 Å². The summed E-state index contributed by atoms with van der Waals surface area (Å²) in [5.41, 5.74) is 0.663. The minimum absolute atomic E-state index is 0.00922. The molecule has 6 nitrogen and oxygen atoms in total. The third-order valence-electron chi connectivity index (χ3n) is 4.23. The van der Waals surface area contributed by atoms with E-state index >= 15 is 0 Å². The molecule has 0 unspecified atom stereocenters. The number of pyridine rings is 1. The average Bonchev–Trinajstić information content (AvgIpc) is 3.26. The second-order valence-electron chi connectivity index (χ2n) is 6.31. The van der Waals surface area contributed by atoms with Crippen molar-refractivity contribution in [2.45, 2.75) is 13.1 Å². The fourth-order valence-corrected chi connectivity index (χ4v) is 3.06. The number of aromatic nitrogens is 4. The number of aryl methyl sites for hydroxylation is 1. The minimum atomic E-state index is -4.54. The van der Waals surface area contributed by atoms with Crippen molar-refractivity contribution < 1.29 is 18.0 Å². The lowest BCUT2D eigenvalue weighted by atomic mass is 10.2. The molecule has 1 N–H and O–H groups in total. The molecule has 0 aliphatic rings. The first kappa shape index (κ1) is 19.0. The number of carbonyl (C=O) groups is 1. The maximum atomic E-state index is 13.1. The van der Waals surface area contributed by atoms with E-state index in [4.69, 9.17) is 11.6 Å². The third-order valence-corrected chi connectivity index (χ3v) is 4.55. The molecule has 4 aromatic rings. The van der Waals surface area contributed by atoms with E-state index in [0.29, 0.717) is 16.9 Å². The topological polar surface area (TPSA) is 64.2 Å². The second kappa shape index (κ2) is 6.93. The molecule has 0 radical (unpaired) electrons. The van der Waals surface area contributed by atoms with Crippen molar-refractivity contribution in [2.24, 2.45) is 0 Å². The number of halogens is 4. The van der Waals surface area contributed by atoms with E-state index in [2.05, 4.69) is 15.4 Å². The summed E-state index contributed by atoms with van der Waals surface area (Å²) in [6.07, 6.45) is 0.363. The number of carbonyl (C=O) groups excluding carboxylic acids is 1. The Morgan fingerprint density at radius 3 is 2.72 bits per heavy atom. The number of fused-ring (bicyclic) bond motifs is 1. The average molecular weight is 420 g/mol. The van der Waals surface area contributed by atoms with Crippen LogP contribution in [-0.2, 0) is 6.18 Å². The number of nitrogens with one attached hydrogen (secondary N) is 1. The maximum absolute atomic E-state index is 13.1. The molecule has 0 aliphatic heterocycles. The summed E-state index contributed by atoms with van der Waals surface area (Å²) in [7, 11) is 0. The molecule has 0 atom stereocenters. The van der Waals surface area contributed by atoms with Gasteiger partial charge in [0, 0.05) is 24.7 Å². The van der Waals surface area contributed by atoms with Crippen molar-refractivity contribution >= 4 is 29.0 Å². The van der Waals surface area contributed by atoms with Gasteiger partial charge in [0.1, 0.15) is 11.5 Å². The lowest BCUT2D eigenvalue weighted by Crippen LogP contribution is -2.16. The number of alkyl halides is 3. The lowest BCUT2D eigenvalue weighted by molar-refractivity contribution is -0.137. The Morgan fingerprint density at radius 2 is 1.97 bits per heavy atom. The van der Waals surface area contributed by atoms with Crippen LogP contribution in [0.2, 0.25) is 5.02 Å². The van der Waals surface area contributed by atoms with E-state index < -0.39 is 17.6 Å². The third kappa shape index (κ3) is 3.68. The van der Waals surface area contributed by atoms with Crippen molar-refractivity contribution in [1.82, 2.24) is 19.2 Å². The Hall–Kier alpha value is -3.33. The van der Waals surface area contributed by atoms with Gasteiger partial charge in [-0.15, -0.1) is 0 Å². The Morgan fingerprint density at radius 1 is 1.17 bits per heavy atom. The van der Waals surface area contributed by atoms with E-state index in [9.17, 15) is 18.0 Å². The quantitative estimate of drug-likeness (QED) is 0.521. The summed E-state index contributed by atoms with van der Waals surface area (Å²) in [6.45, 7) is 1.66. The number of nitrogens with zero attached hydrogens (tertiary/aromatic N) is 4. The highest BCUT2D eigenvalue weighted by Crippen LogP contribution is 2.34. The van der Waals surface area contributed by atoms with Gasteiger partial charge in [0.2, 0.25) is 0 Å². The molecule has 0 aliphatic carbocycles. The summed E-state index contributed by atoms with van der Waals surface area (Å²) in [5.74, 6) is -0.260. The van der Waals surface area contributed by atoms with Gasteiger partial charge in [-0.3, -0.25) is 4.79 Å². The molecule has 148 valence electrons. The fraction of sp³-hybridized carbons (Fsp3) is 0.105. The molecular formula is C19H13ClF3N5O. The van der Waals surface area contributed by atoms with Crippen LogP contribution < -0.4 is 5.32 Å². The molecule has 1 amide bonds. The molecule has 3 heterocycles. The van der Waals surface area contributed by atoms with Crippen LogP contribution in [0.3, 0.4) is 0 Å². The van der Waals surface area contributed by atoms with Crippen LogP contribution in [-0.4, -0.2) is 25.1 Å². The molecule has 0 fully saturated rings. The van der Waals surface area contributed by atoms with Crippen LogP contribution in [0.1, 0.15) is 21.6 Å². The van der Waals surface area contributed by atoms with Crippen molar-refractivity contribution in [3.05, 3.63) is 76.8 Å². The monoisotopic (exact) mass is 419 g/mol. The zero-order valence-electron chi connectivity index (χ0n) is 14.9. The van der Waals surface area contributed by atoms with E-state index in [1.807, 2.05) is 0 Å². The number of anilines is 1. The molecule has 3 aromatic heterocycles. The smallest absolute Gasteiger partial charge is 0.306 e. The van der Waals surface area contributed by atoms with E-state index in [1.165, 1.54) is 4.68 Å². The van der Waals surface area contributed by atoms with Gasteiger partial charge in [-0.05, 0) is 37.3 Å². The van der Waals surface area contributed by atoms with Crippen LogP contribution in [0, 0.1) is 6.92 Å². The summed E-state index contributed by atoms with van der Waals surface area (Å²) >= 11 is 6.12. The standard InChI is InChI=1S/C19H13ClF3N5O/c1-11-8-17(25-18(29)12-2-5-16-24-6-7-27(16)10-12)28(26-11)15-9-13(19(21,22)23)3-4-14(15)20/h2-10H,1H3,(H,25,29). The Kier molecular flexibility index (Phi) is 4.54. The van der Waals surface area contributed by atoms with Gasteiger partial charge in [0.15, 0.2) is 0 Å². The highest BCUT2D eigenvalue weighted by atomic mass is 35.5. The van der Waals surface area contributed by atoms with E-state index in [1.54, 1.807) is 48.1 Å².